The fraction of sp³-hybridized carbons (Fsp3) is 0.500. The third-order valence-electron chi connectivity index (χ3n) is 2.29. The molecule has 3 N–H and O–H groups in total. The molecule has 0 aliphatic carbocycles. The lowest BCUT2D eigenvalue weighted by atomic mass is 10.0. The Bertz CT molecular complexity index is 359. The van der Waals surface area contributed by atoms with Gasteiger partial charge in [-0.25, -0.2) is 8.78 Å². The monoisotopic (exact) mass is 228 g/mol. The van der Waals surface area contributed by atoms with Gasteiger partial charge in [0.1, 0.15) is 11.6 Å². The summed E-state index contributed by atoms with van der Waals surface area (Å²) in [5.74, 6) is -1.09. The van der Waals surface area contributed by atoms with Crippen molar-refractivity contribution in [1.29, 1.82) is 0 Å². The maximum atomic E-state index is 13.4. The molecule has 0 fully saturated rings. The summed E-state index contributed by atoms with van der Waals surface area (Å²) in [5, 5.41) is 3.11. The average molecular weight is 228 g/mol. The highest BCUT2D eigenvalue weighted by molar-refractivity contribution is 5.21. The third-order valence-corrected chi connectivity index (χ3v) is 2.29. The molecule has 0 saturated carbocycles. The van der Waals surface area contributed by atoms with Gasteiger partial charge in [0.15, 0.2) is 0 Å². The molecule has 0 bridgehead atoms. The van der Waals surface area contributed by atoms with Crippen molar-refractivity contribution in [3.05, 3.63) is 35.4 Å². The van der Waals surface area contributed by atoms with E-state index in [2.05, 4.69) is 5.32 Å². The smallest absolute Gasteiger partial charge is 0.130 e. The first kappa shape index (κ1) is 13.1. The van der Waals surface area contributed by atoms with Crippen LogP contribution >= 0.6 is 0 Å². The highest BCUT2D eigenvalue weighted by Gasteiger charge is 2.15. The predicted molar refractivity (Wildman–Crippen MR) is 61.0 cm³/mol. The van der Waals surface area contributed by atoms with Crippen LogP contribution in [0, 0.1) is 11.6 Å². The van der Waals surface area contributed by atoms with E-state index in [4.69, 9.17) is 5.73 Å². The maximum Gasteiger partial charge on any atom is 0.130 e. The molecule has 0 radical (unpaired) electrons. The second kappa shape index (κ2) is 4.89. The molecule has 1 unspecified atom stereocenters. The summed E-state index contributed by atoms with van der Waals surface area (Å²) >= 11 is 0. The minimum absolute atomic E-state index is 0.191. The largest absolute Gasteiger partial charge is 0.324 e. The molecule has 0 aliphatic heterocycles. The van der Waals surface area contributed by atoms with E-state index in [0.717, 1.165) is 6.07 Å². The van der Waals surface area contributed by atoms with Crippen LogP contribution < -0.4 is 11.1 Å². The van der Waals surface area contributed by atoms with Crippen LogP contribution in [0.5, 0.6) is 0 Å². The van der Waals surface area contributed by atoms with E-state index in [0.29, 0.717) is 12.1 Å². The zero-order valence-electron chi connectivity index (χ0n) is 9.85. The Kier molecular flexibility index (Phi) is 3.99. The molecule has 0 aromatic heterocycles. The molecule has 1 aromatic rings. The summed E-state index contributed by atoms with van der Waals surface area (Å²) in [4.78, 5) is 0. The number of benzene rings is 1. The first-order valence-corrected chi connectivity index (χ1v) is 5.27. The fourth-order valence-corrected chi connectivity index (χ4v) is 1.38. The van der Waals surface area contributed by atoms with Gasteiger partial charge in [0.05, 0.1) is 0 Å². The van der Waals surface area contributed by atoms with Gasteiger partial charge in [0.2, 0.25) is 0 Å². The lowest BCUT2D eigenvalue weighted by Crippen LogP contribution is -2.43. The van der Waals surface area contributed by atoms with Gasteiger partial charge >= 0.3 is 0 Å². The molecular weight excluding hydrogens is 210 g/mol. The van der Waals surface area contributed by atoms with Crippen molar-refractivity contribution in [1.82, 2.24) is 5.32 Å². The first-order valence-electron chi connectivity index (χ1n) is 5.27. The number of nitrogens with one attached hydrogen (secondary N) is 1. The molecule has 1 rings (SSSR count). The number of nitrogens with two attached hydrogens (primary N) is 1. The Morgan fingerprint density at radius 1 is 1.38 bits per heavy atom. The highest BCUT2D eigenvalue weighted by Crippen LogP contribution is 2.17. The van der Waals surface area contributed by atoms with E-state index in [1.54, 1.807) is 0 Å². The van der Waals surface area contributed by atoms with Gasteiger partial charge in [-0.2, -0.15) is 0 Å². The maximum absolute atomic E-state index is 13.4. The van der Waals surface area contributed by atoms with Crippen LogP contribution in [0.1, 0.15) is 32.4 Å². The predicted octanol–water partition coefficient (Wildman–Crippen LogP) is 2.35. The van der Waals surface area contributed by atoms with E-state index in [1.807, 2.05) is 20.8 Å². The molecule has 0 heterocycles. The Morgan fingerprint density at radius 2 is 2.00 bits per heavy atom. The third kappa shape index (κ3) is 3.87. The summed E-state index contributed by atoms with van der Waals surface area (Å²) in [6.07, 6.45) is 0. The fourth-order valence-electron chi connectivity index (χ4n) is 1.38. The van der Waals surface area contributed by atoms with Gasteiger partial charge in [-0.05, 0) is 26.8 Å². The number of halogens is 2. The molecule has 1 aromatic carbocycles. The lowest BCUT2D eigenvalue weighted by Gasteiger charge is -2.23. The van der Waals surface area contributed by atoms with Crippen molar-refractivity contribution >= 4 is 0 Å². The summed E-state index contributed by atoms with van der Waals surface area (Å²) in [7, 11) is 0. The second-order valence-electron chi connectivity index (χ2n) is 4.76. The molecule has 0 aliphatic rings. The van der Waals surface area contributed by atoms with Crippen LogP contribution in [0.2, 0.25) is 0 Å². The van der Waals surface area contributed by atoms with Gasteiger partial charge in [0, 0.05) is 29.8 Å². The van der Waals surface area contributed by atoms with Crippen molar-refractivity contribution < 1.29 is 8.78 Å². The molecule has 90 valence electrons. The van der Waals surface area contributed by atoms with Gasteiger partial charge in [-0.1, -0.05) is 6.07 Å². The van der Waals surface area contributed by atoms with E-state index in [-0.39, 0.29) is 11.6 Å². The number of hydrogen-bond acceptors (Lipinski definition) is 2. The Labute approximate surface area is 94.8 Å². The lowest BCUT2D eigenvalue weighted by molar-refractivity contribution is 0.426. The minimum atomic E-state index is -0.562. The molecule has 4 heteroatoms. The number of rotatable bonds is 4. The minimum Gasteiger partial charge on any atom is -0.324 e. The van der Waals surface area contributed by atoms with E-state index in [9.17, 15) is 8.78 Å². The van der Waals surface area contributed by atoms with Gasteiger partial charge in [0.25, 0.3) is 0 Å². The molecule has 1 atom stereocenters. The van der Waals surface area contributed by atoms with Crippen molar-refractivity contribution in [3.63, 3.8) is 0 Å². The molecule has 0 spiro atoms. The van der Waals surface area contributed by atoms with Crippen LogP contribution in [-0.4, -0.2) is 12.1 Å². The second-order valence-corrected chi connectivity index (χ2v) is 4.76. The molecular formula is C12H18F2N2. The van der Waals surface area contributed by atoms with E-state index in [1.165, 1.54) is 12.1 Å². The summed E-state index contributed by atoms with van der Waals surface area (Å²) in [6, 6.07) is 3.40. The zero-order chi connectivity index (χ0) is 12.3. The van der Waals surface area contributed by atoms with E-state index >= 15 is 0 Å². The quantitative estimate of drug-likeness (QED) is 0.830. The summed E-state index contributed by atoms with van der Waals surface area (Å²) in [5.41, 5.74) is 5.90. The van der Waals surface area contributed by atoms with Gasteiger partial charge < -0.3 is 11.1 Å². The van der Waals surface area contributed by atoms with Crippen LogP contribution in [0.15, 0.2) is 18.2 Å². The zero-order valence-corrected chi connectivity index (χ0v) is 9.85. The standard InChI is InChI=1S/C12H18F2N2/c1-8(16-7-12(2,3)15)10-5-4-9(13)6-11(10)14/h4-6,8,16H,7,15H2,1-3H3. The molecule has 0 saturated heterocycles. The summed E-state index contributed by atoms with van der Waals surface area (Å²) in [6.45, 7) is 6.15. The first-order chi connectivity index (χ1) is 7.29. The molecule has 2 nitrogen and oxygen atoms in total. The Morgan fingerprint density at radius 3 is 2.50 bits per heavy atom. The molecule has 0 amide bonds. The van der Waals surface area contributed by atoms with Crippen molar-refractivity contribution in [3.8, 4) is 0 Å². The normalized spacial score (nSPS) is 13.9. The van der Waals surface area contributed by atoms with Crippen molar-refractivity contribution in [2.24, 2.45) is 5.73 Å². The topological polar surface area (TPSA) is 38.0 Å². The highest BCUT2D eigenvalue weighted by atomic mass is 19.1. The SMILES string of the molecule is CC(NCC(C)(C)N)c1ccc(F)cc1F. The van der Waals surface area contributed by atoms with Crippen LogP contribution in [0.4, 0.5) is 8.78 Å². The van der Waals surface area contributed by atoms with Crippen LogP contribution in [-0.2, 0) is 0 Å². The van der Waals surface area contributed by atoms with Crippen molar-refractivity contribution in [2.45, 2.75) is 32.4 Å². The molecule has 16 heavy (non-hydrogen) atoms. The number of hydrogen-bond donors (Lipinski definition) is 2. The average Bonchev–Trinajstić information content (AvgIpc) is 2.13. The Balaban J connectivity index is 2.70. The van der Waals surface area contributed by atoms with Crippen LogP contribution in [0.3, 0.4) is 0 Å². The van der Waals surface area contributed by atoms with Crippen molar-refractivity contribution in [2.75, 3.05) is 6.54 Å². The van der Waals surface area contributed by atoms with Gasteiger partial charge in [-0.3, -0.25) is 0 Å². The van der Waals surface area contributed by atoms with Gasteiger partial charge in [-0.15, -0.1) is 0 Å². The van der Waals surface area contributed by atoms with E-state index < -0.39 is 11.6 Å². The van der Waals surface area contributed by atoms with Crippen LogP contribution in [0.25, 0.3) is 0 Å². The summed E-state index contributed by atoms with van der Waals surface area (Å²) < 4.78 is 26.1. The Hall–Kier alpha value is -1.00.